The molecule has 0 spiro atoms. The summed E-state index contributed by atoms with van der Waals surface area (Å²) in [5.41, 5.74) is -2.09. The molecule has 0 bridgehead atoms. The van der Waals surface area contributed by atoms with Gasteiger partial charge in [-0.25, -0.2) is 4.79 Å². The number of carbonyl (C=O) groups is 1. The molecule has 1 rings (SSSR count). The maximum Gasteiger partial charge on any atom is 0.420 e. The van der Waals surface area contributed by atoms with Crippen molar-refractivity contribution < 1.29 is 35.7 Å². The minimum absolute atomic E-state index is 0.308. The number of hydrogen-bond donors (Lipinski definition) is 1. The van der Waals surface area contributed by atoms with E-state index in [0.717, 1.165) is 6.07 Å². The van der Waals surface area contributed by atoms with E-state index in [9.17, 15) is 26.4 Å². The number of carboxylic acid groups (broad SMARTS) is 1. The topological polar surface area (TPSA) is 80.7 Å². The van der Waals surface area contributed by atoms with Crippen molar-refractivity contribution in [2.24, 2.45) is 0 Å². The largest absolute Gasteiger partial charge is 0.478 e. The lowest BCUT2D eigenvalue weighted by Gasteiger charge is -2.12. The highest BCUT2D eigenvalue weighted by atomic mass is 32.2. The van der Waals surface area contributed by atoms with Crippen LogP contribution >= 0.6 is 0 Å². The summed E-state index contributed by atoms with van der Waals surface area (Å²) in [6, 6.07) is 1.77. The van der Waals surface area contributed by atoms with Crippen LogP contribution in [0.5, 0.6) is 5.75 Å². The molecule has 1 N–H and O–H groups in total. The van der Waals surface area contributed by atoms with Gasteiger partial charge in [0.1, 0.15) is 5.56 Å². The van der Waals surface area contributed by atoms with Gasteiger partial charge >= 0.3 is 22.3 Å². The highest BCUT2D eigenvalue weighted by molar-refractivity contribution is 7.86. The third kappa shape index (κ3) is 3.62. The minimum Gasteiger partial charge on any atom is -0.478 e. The van der Waals surface area contributed by atoms with Gasteiger partial charge in [-0.1, -0.05) is 0 Å². The lowest BCUT2D eigenvalue weighted by molar-refractivity contribution is -0.138. The van der Waals surface area contributed by atoms with Crippen LogP contribution in [0.2, 0.25) is 0 Å². The zero-order chi connectivity index (χ0) is 14.1. The number of benzene rings is 1. The number of carboxylic acids is 1. The van der Waals surface area contributed by atoms with Crippen LogP contribution in [-0.4, -0.2) is 25.7 Å². The van der Waals surface area contributed by atoms with Gasteiger partial charge in [-0.2, -0.15) is 21.6 Å². The quantitative estimate of drug-likeness (QED) is 0.855. The van der Waals surface area contributed by atoms with Crippen molar-refractivity contribution in [1.29, 1.82) is 0 Å². The third-order valence-electron chi connectivity index (χ3n) is 1.77. The van der Waals surface area contributed by atoms with Crippen LogP contribution in [0.3, 0.4) is 0 Å². The monoisotopic (exact) mass is 284 g/mol. The van der Waals surface area contributed by atoms with Gasteiger partial charge in [-0.15, -0.1) is 0 Å². The average molecular weight is 284 g/mol. The molecule has 1 aromatic carbocycles. The van der Waals surface area contributed by atoms with Crippen LogP contribution in [0.15, 0.2) is 18.2 Å². The first kappa shape index (κ1) is 14.3. The van der Waals surface area contributed by atoms with E-state index in [0.29, 0.717) is 18.4 Å². The fourth-order valence-corrected chi connectivity index (χ4v) is 1.59. The van der Waals surface area contributed by atoms with E-state index in [4.69, 9.17) is 5.11 Å². The smallest absolute Gasteiger partial charge is 0.420 e. The average Bonchev–Trinajstić information content (AvgIpc) is 2.13. The maximum absolute atomic E-state index is 12.6. The molecular weight excluding hydrogens is 277 g/mol. The number of aromatic carboxylic acids is 1. The molecular formula is C9H7F3O5S. The van der Waals surface area contributed by atoms with Crippen LogP contribution in [0.4, 0.5) is 13.2 Å². The first-order valence-electron chi connectivity index (χ1n) is 4.35. The van der Waals surface area contributed by atoms with Crippen LogP contribution in [0.25, 0.3) is 0 Å². The molecule has 0 unspecified atom stereocenters. The summed E-state index contributed by atoms with van der Waals surface area (Å²) >= 11 is 0. The lowest BCUT2D eigenvalue weighted by atomic mass is 10.1. The second-order valence-electron chi connectivity index (χ2n) is 3.30. The Kier molecular flexibility index (Phi) is 3.56. The standard InChI is InChI=1S/C9H7F3O5S/c1-18(15,16)17-7-3-2-5(8(13)14)4-6(7)9(10,11)12/h2-4H,1H3,(H,13,14). The summed E-state index contributed by atoms with van der Waals surface area (Å²) in [6.45, 7) is 0. The summed E-state index contributed by atoms with van der Waals surface area (Å²) < 4.78 is 63.5. The molecule has 5 nitrogen and oxygen atoms in total. The van der Waals surface area contributed by atoms with Crippen LogP contribution in [0, 0.1) is 0 Å². The number of alkyl halides is 3. The molecule has 0 aliphatic rings. The fraction of sp³-hybridized carbons (Fsp3) is 0.222. The summed E-state index contributed by atoms with van der Waals surface area (Å²) in [4.78, 5) is 10.6. The van der Waals surface area contributed by atoms with Gasteiger partial charge in [0.15, 0.2) is 5.75 Å². The predicted octanol–water partition coefficient (Wildman–Crippen LogP) is 1.74. The Morgan fingerprint density at radius 3 is 2.28 bits per heavy atom. The zero-order valence-corrected chi connectivity index (χ0v) is 9.67. The van der Waals surface area contributed by atoms with Crippen LogP contribution in [0.1, 0.15) is 15.9 Å². The second kappa shape index (κ2) is 4.48. The number of halogens is 3. The number of rotatable bonds is 3. The Morgan fingerprint density at radius 1 is 1.33 bits per heavy atom. The van der Waals surface area contributed by atoms with Crippen molar-refractivity contribution in [2.45, 2.75) is 6.18 Å². The summed E-state index contributed by atoms with van der Waals surface area (Å²) in [7, 11) is -4.14. The van der Waals surface area contributed by atoms with Crippen molar-refractivity contribution in [3.05, 3.63) is 29.3 Å². The predicted molar refractivity (Wildman–Crippen MR) is 53.9 cm³/mol. The zero-order valence-electron chi connectivity index (χ0n) is 8.85. The van der Waals surface area contributed by atoms with Gasteiger partial charge in [0.25, 0.3) is 0 Å². The fourth-order valence-electron chi connectivity index (χ4n) is 1.12. The van der Waals surface area contributed by atoms with E-state index >= 15 is 0 Å². The highest BCUT2D eigenvalue weighted by Gasteiger charge is 2.36. The van der Waals surface area contributed by atoms with Gasteiger partial charge in [-0.05, 0) is 18.2 Å². The Morgan fingerprint density at radius 2 is 1.89 bits per heavy atom. The van der Waals surface area contributed by atoms with Crippen LogP contribution < -0.4 is 4.18 Å². The summed E-state index contributed by atoms with van der Waals surface area (Å²) in [5, 5.41) is 8.57. The summed E-state index contributed by atoms with van der Waals surface area (Å²) in [5.74, 6) is -2.53. The van der Waals surface area contributed by atoms with Gasteiger partial charge in [0, 0.05) is 0 Å². The first-order valence-corrected chi connectivity index (χ1v) is 6.16. The molecule has 0 radical (unpaired) electrons. The van der Waals surface area contributed by atoms with Crippen molar-refractivity contribution in [1.82, 2.24) is 0 Å². The molecule has 0 saturated carbocycles. The second-order valence-corrected chi connectivity index (χ2v) is 4.88. The molecule has 0 heterocycles. The maximum atomic E-state index is 12.6. The van der Waals surface area contributed by atoms with E-state index in [1.165, 1.54) is 0 Å². The van der Waals surface area contributed by atoms with Crippen molar-refractivity contribution >= 4 is 16.1 Å². The summed E-state index contributed by atoms with van der Waals surface area (Å²) in [6.07, 6.45) is -4.34. The molecule has 100 valence electrons. The molecule has 18 heavy (non-hydrogen) atoms. The SMILES string of the molecule is CS(=O)(=O)Oc1ccc(C(=O)O)cc1C(F)(F)F. The van der Waals surface area contributed by atoms with E-state index in [2.05, 4.69) is 4.18 Å². The Balaban J connectivity index is 3.39. The van der Waals surface area contributed by atoms with Crippen LogP contribution in [-0.2, 0) is 16.3 Å². The van der Waals surface area contributed by atoms with E-state index in [-0.39, 0.29) is 0 Å². The Bertz CT molecular complexity index is 576. The first-order chi connectivity index (χ1) is 8.00. The van der Waals surface area contributed by atoms with E-state index < -0.39 is 39.1 Å². The number of hydrogen-bond acceptors (Lipinski definition) is 4. The molecule has 0 atom stereocenters. The van der Waals surface area contributed by atoms with Gasteiger partial charge < -0.3 is 9.29 Å². The normalized spacial score (nSPS) is 12.2. The molecule has 1 aromatic rings. The molecule has 9 heteroatoms. The molecule has 0 fully saturated rings. The Hall–Kier alpha value is -1.77. The molecule has 0 aliphatic carbocycles. The van der Waals surface area contributed by atoms with Crippen molar-refractivity contribution in [3.63, 3.8) is 0 Å². The van der Waals surface area contributed by atoms with Crippen molar-refractivity contribution in [2.75, 3.05) is 6.26 Å². The lowest BCUT2D eigenvalue weighted by Crippen LogP contribution is -2.14. The van der Waals surface area contributed by atoms with E-state index in [1.807, 2.05) is 0 Å². The minimum atomic E-state index is -4.93. The molecule has 0 amide bonds. The van der Waals surface area contributed by atoms with Crippen molar-refractivity contribution in [3.8, 4) is 5.75 Å². The molecule has 0 aliphatic heterocycles. The molecule has 0 aromatic heterocycles. The Labute approximate surface area is 99.9 Å². The van der Waals surface area contributed by atoms with Gasteiger partial charge in [0.05, 0.1) is 11.8 Å². The molecule has 0 saturated heterocycles. The third-order valence-corrected chi connectivity index (χ3v) is 2.26. The van der Waals surface area contributed by atoms with Gasteiger partial charge in [0.2, 0.25) is 0 Å². The van der Waals surface area contributed by atoms with E-state index in [1.54, 1.807) is 0 Å². The highest BCUT2D eigenvalue weighted by Crippen LogP contribution is 2.37. The van der Waals surface area contributed by atoms with Gasteiger partial charge in [-0.3, -0.25) is 0 Å².